The molecule has 172 valence electrons. The summed E-state index contributed by atoms with van der Waals surface area (Å²) < 4.78 is 33.1. The quantitative estimate of drug-likeness (QED) is 0.516. The number of nitrogens with two attached hydrogens (primary N) is 1. The van der Waals surface area contributed by atoms with Crippen molar-refractivity contribution >= 4 is 27.4 Å². The number of rotatable bonds is 5. The van der Waals surface area contributed by atoms with E-state index in [0.29, 0.717) is 34.5 Å². The Labute approximate surface area is 190 Å². The van der Waals surface area contributed by atoms with Crippen LogP contribution in [0.5, 0.6) is 5.75 Å². The molecular weight excluding hydrogens is 428 g/mol. The summed E-state index contributed by atoms with van der Waals surface area (Å²) in [4.78, 5) is 10.3. The van der Waals surface area contributed by atoms with Crippen LogP contribution in [0.25, 0.3) is 0 Å². The molecule has 2 aliphatic rings. The van der Waals surface area contributed by atoms with Gasteiger partial charge in [0.2, 0.25) is 0 Å². The lowest BCUT2D eigenvalue weighted by Gasteiger charge is -2.30. The summed E-state index contributed by atoms with van der Waals surface area (Å²) in [5, 5.41) is 8.18. The Morgan fingerprint density at radius 2 is 1.94 bits per heavy atom. The van der Waals surface area contributed by atoms with E-state index in [1.807, 2.05) is 19.1 Å². The van der Waals surface area contributed by atoms with Crippen LogP contribution in [-0.2, 0) is 14.8 Å². The molecule has 0 spiro atoms. The van der Waals surface area contributed by atoms with Crippen molar-refractivity contribution in [3.05, 3.63) is 48.0 Å². The molecular formula is C24H30N2O5S. The molecule has 3 N–H and O–H groups in total. The Kier molecular flexibility index (Phi) is 8.56. The van der Waals surface area contributed by atoms with Crippen molar-refractivity contribution in [2.45, 2.75) is 43.9 Å². The highest BCUT2D eigenvalue weighted by atomic mass is 32.2. The number of benzene rings is 2. The number of ether oxygens (including phenoxy) is 1. The summed E-state index contributed by atoms with van der Waals surface area (Å²) in [6, 6.07) is 12.4. The number of carbonyl (C=O) groups is 1. The lowest BCUT2D eigenvalue weighted by molar-refractivity contribution is -0.141. The van der Waals surface area contributed by atoms with E-state index in [2.05, 4.69) is 12.8 Å². The molecule has 0 saturated heterocycles. The average molecular weight is 459 g/mol. The molecule has 1 saturated carbocycles. The van der Waals surface area contributed by atoms with E-state index in [4.69, 9.17) is 15.6 Å². The smallest absolute Gasteiger partial charge is 0.306 e. The van der Waals surface area contributed by atoms with Crippen molar-refractivity contribution < 1.29 is 23.1 Å². The fourth-order valence-corrected chi connectivity index (χ4v) is 4.61. The zero-order valence-electron chi connectivity index (χ0n) is 18.4. The Balaban J connectivity index is 0.000000348. The molecule has 7 nitrogen and oxygen atoms in total. The highest BCUT2D eigenvalue weighted by Gasteiger charge is 2.31. The first-order valence-electron chi connectivity index (χ1n) is 10.4. The number of aliphatic carboxylic acids is 1. The van der Waals surface area contributed by atoms with Crippen LogP contribution >= 0.6 is 0 Å². The third-order valence-corrected chi connectivity index (χ3v) is 7.14. The van der Waals surface area contributed by atoms with Crippen LogP contribution in [0.3, 0.4) is 0 Å². The van der Waals surface area contributed by atoms with Crippen LogP contribution in [-0.4, -0.2) is 32.6 Å². The van der Waals surface area contributed by atoms with E-state index in [1.54, 1.807) is 37.3 Å². The maximum atomic E-state index is 13.1. The summed E-state index contributed by atoms with van der Waals surface area (Å²) in [6.45, 7) is 4.17. The second-order valence-corrected chi connectivity index (χ2v) is 9.51. The molecule has 1 fully saturated rings. The minimum Gasteiger partial charge on any atom is -0.489 e. The summed E-state index contributed by atoms with van der Waals surface area (Å²) in [5.41, 5.74) is 7.95. The van der Waals surface area contributed by atoms with Crippen molar-refractivity contribution in [2.24, 2.45) is 5.92 Å². The zero-order valence-corrected chi connectivity index (χ0v) is 19.2. The molecule has 0 radical (unpaired) electrons. The molecule has 1 heterocycles. The number of anilines is 2. The zero-order chi connectivity index (χ0) is 23.9. The number of carboxylic acid groups (broad SMARTS) is 1. The molecule has 0 bridgehead atoms. The minimum atomic E-state index is -3.62. The first-order valence-corrected chi connectivity index (χ1v) is 11.9. The van der Waals surface area contributed by atoms with E-state index in [9.17, 15) is 13.2 Å². The van der Waals surface area contributed by atoms with Crippen molar-refractivity contribution in [1.82, 2.24) is 0 Å². The van der Waals surface area contributed by atoms with Gasteiger partial charge in [0.05, 0.1) is 23.0 Å². The van der Waals surface area contributed by atoms with Gasteiger partial charge in [-0.25, -0.2) is 8.42 Å². The van der Waals surface area contributed by atoms with E-state index >= 15 is 0 Å². The molecule has 0 aromatic heterocycles. The van der Waals surface area contributed by atoms with Crippen LogP contribution in [0.2, 0.25) is 0 Å². The minimum absolute atomic E-state index is 0.181. The Morgan fingerprint density at radius 3 is 2.50 bits per heavy atom. The fraction of sp³-hybridized carbons (Fsp3) is 0.375. The number of carboxylic acids is 1. The van der Waals surface area contributed by atoms with Gasteiger partial charge in [-0.2, -0.15) is 0 Å². The van der Waals surface area contributed by atoms with Gasteiger partial charge in [0, 0.05) is 5.69 Å². The lowest BCUT2D eigenvalue weighted by atomic mass is 10.1. The number of sulfonamides is 1. The predicted molar refractivity (Wildman–Crippen MR) is 126 cm³/mol. The van der Waals surface area contributed by atoms with E-state index < -0.39 is 16.0 Å². The van der Waals surface area contributed by atoms with E-state index in [1.165, 1.54) is 4.31 Å². The number of nitrogen functional groups attached to an aromatic ring is 1. The number of nitrogens with zero attached hydrogens (tertiary/aromatic N) is 1. The molecule has 4 rings (SSSR count). The van der Waals surface area contributed by atoms with Gasteiger partial charge in [-0.15, -0.1) is 12.8 Å². The third kappa shape index (κ3) is 5.95. The van der Waals surface area contributed by atoms with Crippen molar-refractivity contribution in [3.8, 4) is 18.6 Å². The van der Waals surface area contributed by atoms with Crippen LogP contribution in [0, 0.1) is 18.8 Å². The highest BCUT2D eigenvalue weighted by molar-refractivity contribution is 7.92. The second kappa shape index (κ2) is 10.9. The summed E-state index contributed by atoms with van der Waals surface area (Å²) in [6.07, 6.45) is 11.0. The Hall–Kier alpha value is -3.18. The average Bonchev–Trinajstić information content (AvgIpc) is 3.65. The van der Waals surface area contributed by atoms with Gasteiger partial charge in [-0.3, -0.25) is 9.10 Å². The monoisotopic (exact) mass is 458 g/mol. The predicted octanol–water partition coefficient (Wildman–Crippen LogP) is 4.10. The maximum Gasteiger partial charge on any atom is 0.306 e. The standard InChI is InChI=1S/C17H18N2O3S.C5H10O2.C2H2/c18-14-6-7-17-16(11-14)19(8-9-22-17)23(20,21)15-3-1-2-13(10-15)12-4-5-12;1-3-4(2)5(6)7;1-2/h1-3,6-7,10-12H,4-5,8-9,18H2;4H,3H2,1-2H3,(H,6,7);1-2H/t;4-;/m.0./s1. The van der Waals surface area contributed by atoms with Crippen molar-refractivity contribution in [3.63, 3.8) is 0 Å². The number of hydrogen-bond donors (Lipinski definition) is 2. The normalized spacial score (nSPS) is 15.6. The van der Waals surface area contributed by atoms with Gasteiger partial charge in [-0.05, 0) is 61.1 Å². The highest BCUT2D eigenvalue weighted by Crippen LogP contribution is 2.41. The number of terminal acetylenes is 1. The molecule has 2 aromatic rings. The van der Waals surface area contributed by atoms with Crippen LogP contribution in [0.4, 0.5) is 11.4 Å². The Morgan fingerprint density at radius 1 is 1.25 bits per heavy atom. The number of hydrogen-bond acceptors (Lipinski definition) is 5. The van der Waals surface area contributed by atoms with Gasteiger partial charge >= 0.3 is 5.97 Å². The van der Waals surface area contributed by atoms with Crippen LogP contribution in [0.15, 0.2) is 47.4 Å². The van der Waals surface area contributed by atoms with Crippen molar-refractivity contribution in [2.75, 3.05) is 23.2 Å². The fourth-order valence-electron chi connectivity index (χ4n) is 3.11. The Bertz CT molecular complexity index is 1060. The van der Waals surface area contributed by atoms with Gasteiger partial charge in [0.25, 0.3) is 10.0 Å². The third-order valence-electron chi connectivity index (χ3n) is 5.33. The van der Waals surface area contributed by atoms with Gasteiger partial charge < -0.3 is 15.6 Å². The largest absolute Gasteiger partial charge is 0.489 e. The molecule has 0 amide bonds. The van der Waals surface area contributed by atoms with Gasteiger partial charge in [0.1, 0.15) is 12.4 Å². The first-order chi connectivity index (χ1) is 15.2. The van der Waals surface area contributed by atoms with Gasteiger partial charge in [0.15, 0.2) is 0 Å². The van der Waals surface area contributed by atoms with Crippen LogP contribution in [0.1, 0.15) is 44.6 Å². The molecule has 1 atom stereocenters. The first kappa shape index (κ1) is 25.1. The lowest BCUT2D eigenvalue weighted by Crippen LogP contribution is -2.38. The summed E-state index contributed by atoms with van der Waals surface area (Å²) >= 11 is 0. The van der Waals surface area contributed by atoms with Crippen LogP contribution < -0.4 is 14.8 Å². The summed E-state index contributed by atoms with van der Waals surface area (Å²) in [5.74, 6) is 0.174. The van der Waals surface area contributed by atoms with Crippen molar-refractivity contribution in [1.29, 1.82) is 0 Å². The van der Waals surface area contributed by atoms with Gasteiger partial charge in [-0.1, -0.05) is 26.0 Å². The molecule has 32 heavy (non-hydrogen) atoms. The second-order valence-electron chi connectivity index (χ2n) is 7.65. The SMILES string of the molecule is C#C.CC[C@H](C)C(=O)O.Nc1ccc2c(c1)N(S(=O)(=O)c1cccc(C3CC3)c1)CCO2. The molecule has 0 unspecified atom stereocenters. The maximum absolute atomic E-state index is 13.1. The molecule has 8 heteroatoms. The molecule has 1 aliphatic carbocycles. The van der Waals surface area contributed by atoms with E-state index in [0.717, 1.165) is 24.8 Å². The van der Waals surface area contributed by atoms with E-state index in [-0.39, 0.29) is 12.5 Å². The molecule has 1 aliphatic heterocycles. The topological polar surface area (TPSA) is 110 Å². The summed E-state index contributed by atoms with van der Waals surface area (Å²) in [7, 11) is -3.62. The number of fused-ring (bicyclic) bond motifs is 1. The molecule has 2 aromatic carbocycles.